The molecular formula is C22H27FN4O2. The number of aromatic nitrogens is 2. The molecule has 3 atom stereocenters. The molecule has 1 saturated carbocycles. The van der Waals surface area contributed by atoms with Crippen molar-refractivity contribution >= 4 is 5.91 Å². The Morgan fingerprint density at radius 1 is 1.24 bits per heavy atom. The van der Waals surface area contributed by atoms with Crippen LogP contribution in [-0.4, -0.2) is 45.5 Å². The number of nitrogens with zero attached hydrogens (tertiary/aromatic N) is 4. The molecule has 3 heterocycles. The minimum atomic E-state index is -0.240. The van der Waals surface area contributed by atoms with Crippen molar-refractivity contribution in [1.29, 1.82) is 0 Å². The second-order valence-corrected chi connectivity index (χ2v) is 8.83. The van der Waals surface area contributed by atoms with Crippen LogP contribution in [0.25, 0.3) is 0 Å². The smallest absolute Gasteiger partial charge is 0.240 e. The van der Waals surface area contributed by atoms with Gasteiger partial charge in [0.05, 0.1) is 12.6 Å². The van der Waals surface area contributed by atoms with E-state index in [4.69, 9.17) is 4.52 Å². The third-order valence-corrected chi connectivity index (χ3v) is 6.85. The maximum Gasteiger partial charge on any atom is 0.240 e. The van der Waals surface area contributed by atoms with Crippen molar-refractivity contribution in [3.8, 4) is 0 Å². The number of hydrogen-bond acceptors (Lipinski definition) is 5. The highest BCUT2D eigenvalue weighted by atomic mass is 19.1. The van der Waals surface area contributed by atoms with Gasteiger partial charge in [0.25, 0.3) is 0 Å². The molecule has 154 valence electrons. The fraction of sp³-hybridized carbons (Fsp3) is 0.591. The molecule has 0 spiro atoms. The lowest BCUT2D eigenvalue weighted by Gasteiger charge is -2.31. The summed E-state index contributed by atoms with van der Waals surface area (Å²) in [6, 6.07) is 6.74. The quantitative estimate of drug-likeness (QED) is 0.791. The van der Waals surface area contributed by atoms with Crippen molar-refractivity contribution in [3.63, 3.8) is 0 Å². The highest BCUT2D eigenvalue weighted by molar-refractivity contribution is 5.80. The normalized spacial score (nSPS) is 27.7. The van der Waals surface area contributed by atoms with Crippen molar-refractivity contribution < 1.29 is 13.7 Å². The largest absolute Gasteiger partial charge is 0.338 e. The van der Waals surface area contributed by atoms with Gasteiger partial charge in [-0.2, -0.15) is 4.98 Å². The number of aryl methyl sites for hydroxylation is 1. The van der Waals surface area contributed by atoms with E-state index in [-0.39, 0.29) is 23.7 Å². The third kappa shape index (κ3) is 3.56. The lowest BCUT2D eigenvalue weighted by molar-refractivity contribution is -0.137. The number of carbonyl (C=O) groups excluding carboxylic acids is 1. The van der Waals surface area contributed by atoms with Gasteiger partial charge in [-0.25, -0.2) is 4.39 Å². The Bertz CT molecular complexity index is 894. The second-order valence-electron chi connectivity index (χ2n) is 8.83. The predicted octanol–water partition coefficient (Wildman–Crippen LogP) is 3.34. The molecule has 1 aliphatic carbocycles. The first-order valence-electron chi connectivity index (χ1n) is 10.7. The van der Waals surface area contributed by atoms with Crippen molar-refractivity contribution in [3.05, 3.63) is 47.4 Å². The first-order chi connectivity index (χ1) is 14.1. The molecule has 2 aromatic rings. The zero-order valence-electron chi connectivity index (χ0n) is 16.8. The first-order valence-corrected chi connectivity index (χ1v) is 10.7. The standard InChI is InChI=1S/C22H27FN4O2/c1-14-24-20(29-25-14)13-26-10-17-11-27(22(28)15-5-2-3-6-15)21(19(17)12-26)16-7-4-8-18(23)9-16/h4,7-9,15,17,19,21H,2-3,5-6,10-13H2,1H3/t17-,19-,21+/m0/s1. The molecule has 6 nitrogen and oxygen atoms in total. The Kier molecular flexibility index (Phi) is 4.86. The van der Waals surface area contributed by atoms with E-state index in [1.54, 1.807) is 12.1 Å². The van der Waals surface area contributed by atoms with Gasteiger partial charge >= 0.3 is 0 Å². The van der Waals surface area contributed by atoms with Crippen LogP contribution in [0.15, 0.2) is 28.8 Å². The van der Waals surface area contributed by atoms with Gasteiger partial charge in [0.1, 0.15) is 5.82 Å². The molecule has 3 aliphatic rings. The molecule has 2 aliphatic heterocycles. The molecule has 1 amide bonds. The molecule has 1 aromatic carbocycles. The second kappa shape index (κ2) is 7.52. The lowest BCUT2D eigenvalue weighted by Crippen LogP contribution is -2.38. The first kappa shape index (κ1) is 18.7. The summed E-state index contributed by atoms with van der Waals surface area (Å²) in [4.78, 5) is 22.0. The van der Waals surface area contributed by atoms with Gasteiger partial charge in [0, 0.05) is 31.5 Å². The number of halogens is 1. The summed E-state index contributed by atoms with van der Waals surface area (Å²) >= 11 is 0. The predicted molar refractivity (Wildman–Crippen MR) is 104 cm³/mol. The summed E-state index contributed by atoms with van der Waals surface area (Å²) in [6.45, 7) is 4.94. The van der Waals surface area contributed by atoms with Gasteiger partial charge in [0.2, 0.25) is 11.8 Å². The molecule has 7 heteroatoms. The molecule has 0 unspecified atom stereocenters. The van der Waals surface area contributed by atoms with Crippen LogP contribution in [0, 0.1) is 30.5 Å². The molecule has 1 aromatic heterocycles. The van der Waals surface area contributed by atoms with E-state index < -0.39 is 0 Å². The van der Waals surface area contributed by atoms with Gasteiger partial charge < -0.3 is 9.42 Å². The average Bonchev–Trinajstić information content (AvgIpc) is 3.46. The van der Waals surface area contributed by atoms with Gasteiger partial charge in [-0.05, 0) is 43.4 Å². The molecule has 5 rings (SSSR count). The van der Waals surface area contributed by atoms with Crippen LogP contribution in [0.1, 0.15) is 49.0 Å². The van der Waals surface area contributed by atoms with Crippen molar-refractivity contribution in [2.75, 3.05) is 19.6 Å². The van der Waals surface area contributed by atoms with E-state index in [1.807, 2.05) is 13.0 Å². The monoisotopic (exact) mass is 398 g/mol. The Labute approximate surface area is 170 Å². The Hall–Kier alpha value is -2.28. The summed E-state index contributed by atoms with van der Waals surface area (Å²) in [7, 11) is 0. The van der Waals surface area contributed by atoms with Crippen LogP contribution in [0.5, 0.6) is 0 Å². The topological polar surface area (TPSA) is 62.5 Å². The minimum absolute atomic E-state index is 0.0572. The van der Waals surface area contributed by atoms with E-state index in [0.29, 0.717) is 30.1 Å². The Morgan fingerprint density at radius 2 is 2.07 bits per heavy atom. The SMILES string of the molecule is Cc1noc(CN2C[C@H]3CN(C(=O)C4CCCC4)[C@H](c4cccc(F)c4)[C@H]3C2)n1. The van der Waals surface area contributed by atoms with Crippen LogP contribution in [0.3, 0.4) is 0 Å². The van der Waals surface area contributed by atoms with E-state index in [0.717, 1.165) is 50.9 Å². The molecule has 0 bridgehead atoms. The summed E-state index contributed by atoms with van der Waals surface area (Å²) < 4.78 is 19.3. The van der Waals surface area contributed by atoms with Crippen LogP contribution in [0.2, 0.25) is 0 Å². The van der Waals surface area contributed by atoms with Gasteiger partial charge in [-0.1, -0.05) is 30.1 Å². The third-order valence-electron chi connectivity index (χ3n) is 6.85. The number of rotatable bonds is 4. The zero-order chi connectivity index (χ0) is 20.0. The van der Waals surface area contributed by atoms with Gasteiger partial charge in [-0.3, -0.25) is 9.69 Å². The van der Waals surface area contributed by atoms with Crippen molar-refractivity contribution in [1.82, 2.24) is 19.9 Å². The fourth-order valence-electron chi connectivity index (χ4n) is 5.61. The molecular weight excluding hydrogens is 371 g/mol. The Balaban J connectivity index is 1.39. The lowest BCUT2D eigenvalue weighted by atomic mass is 9.89. The van der Waals surface area contributed by atoms with E-state index in [1.165, 1.54) is 6.07 Å². The van der Waals surface area contributed by atoms with E-state index in [2.05, 4.69) is 19.9 Å². The number of benzene rings is 1. The zero-order valence-corrected chi connectivity index (χ0v) is 16.8. The number of amides is 1. The van der Waals surface area contributed by atoms with Gasteiger partial charge in [0.15, 0.2) is 5.82 Å². The summed E-state index contributed by atoms with van der Waals surface area (Å²) in [6.07, 6.45) is 4.25. The number of fused-ring (bicyclic) bond motifs is 1. The molecule has 0 radical (unpaired) electrons. The highest BCUT2D eigenvalue weighted by Gasteiger charge is 2.50. The van der Waals surface area contributed by atoms with Crippen LogP contribution < -0.4 is 0 Å². The fourth-order valence-corrected chi connectivity index (χ4v) is 5.61. The van der Waals surface area contributed by atoms with E-state index in [9.17, 15) is 9.18 Å². The van der Waals surface area contributed by atoms with Crippen LogP contribution in [-0.2, 0) is 11.3 Å². The van der Waals surface area contributed by atoms with Crippen LogP contribution in [0.4, 0.5) is 4.39 Å². The maximum absolute atomic E-state index is 14.0. The minimum Gasteiger partial charge on any atom is -0.338 e. The maximum atomic E-state index is 14.0. The summed E-state index contributed by atoms with van der Waals surface area (Å²) in [5.41, 5.74) is 0.916. The van der Waals surface area contributed by atoms with Crippen LogP contribution >= 0.6 is 0 Å². The summed E-state index contributed by atoms with van der Waals surface area (Å²) in [5, 5.41) is 3.88. The Morgan fingerprint density at radius 3 is 2.79 bits per heavy atom. The van der Waals surface area contributed by atoms with Gasteiger partial charge in [-0.15, -0.1) is 0 Å². The number of carbonyl (C=O) groups is 1. The molecule has 29 heavy (non-hydrogen) atoms. The summed E-state index contributed by atoms with van der Waals surface area (Å²) in [5.74, 6) is 2.13. The highest BCUT2D eigenvalue weighted by Crippen LogP contribution is 2.46. The van der Waals surface area contributed by atoms with E-state index >= 15 is 0 Å². The number of likely N-dealkylation sites (tertiary alicyclic amines) is 2. The molecule has 3 fully saturated rings. The number of hydrogen-bond donors (Lipinski definition) is 0. The van der Waals surface area contributed by atoms with Crippen molar-refractivity contribution in [2.24, 2.45) is 17.8 Å². The van der Waals surface area contributed by atoms with Crippen molar-refractivity contribution in [2.45, 2.75) is 45.2 Å². The molecule has 0 N–H and O–H groups in total. The molecule has 2 saturated heterocycles. The average molecular weight is 398 g/mol.